The molecule has 0 saturated carbocycles. The number of nitrogens with two attached hydrogens (primary N) is 1. The minimum absolute atomic E-state index is 0.493. The second-order valence-corrected chi connectivity index (χ2v) is 5.03. The van der Waals surface area contributed by atoms with E-state index < -0.39 is 0 Å². The first-order valence-corrected chi connectivity index (χ1v) is 6.29. The predicted molar refractivity (Wildman–Crippen MR) is 69.9 cm³/mol. The van der Waals surface area contributed by atoms with Crippen molar-refractivity contribution in [1.82, 2.24) is 0 Å². The molecule has 0 saturated heterocycles. The molecule has 1 aromatic carbocycles. The molecule has 2 rings (SSSR count). The van der Waals surface area contributed by atoms with Crippen molar-refractivity contribution in [3.8, 4) is 0 Å². The zero-order valence-corrected chi connectivity index (χ0v) is 10.3. The van der Waals surface area contributed by atoms with Gasteiger partial charge in [-0.2, -0.15) is 0 Å². The summed E-state index contributed by atoms with van der Waals surface area (Å²) < 4.78 is 0. The van der Waals surface area contributed by atoms with Crippen LogP contribution in [0.3, 0.4) is 0 Å². The minimum Gasteiger partial charge on any atom is -0.385 e. The van der Waals surface area contributed by atoms with E-state index >= 15 is 0 Å². The number of aryl methyl sites for hydroxylation is 1. The van der Waals surface area contributed by atoms with Gasteiger partial charge in [0.25, 0.3) is 0 Å². The number of rotatable bonds is 3. The summed E-state index contributed by atoms with van der Waals surface area (Å²) in [5.74, 6) is 1.10. The molecule has 1 unspecified atom stereocenters. The highest BCUT2D eigenvalue weighted by Gasteiger charge is 2.16. The van der Waals surface area contributed by atoms with Crippen molar-refractivity contribution in [3.63, 3.8) is 0 Å². The summed E-state index contributed by atoms with van der Waals surface area (Å²) in [7, 11) is 0. The Hall–Kier alpha value is -1.02. The smallest absolute Gasteiger partial charge is 0.0372 e. The maximum atomic E-state index is 5.87. The summed E-state index contributed by atoms with van der Waals surface area (Å²) >= 11 is 0. The third kappa shape index (κ3) is 2.22. The monoisotopic (exact) mass is 218 g/mol. The fourth-order valence-corrected chi connectivity index (χ4v) is 2.52. The van der Waals surface area contributed by atoms with Crippen LogP contribution in [0, 0.1) is 5.92 Å². The van der Waals surface area contributed by atoms with Crippen LogP contribution in [-0.2, 0) is 6.42 Å². The zero-order chi connectivity index (χ0) is 11.5. The number of hydrogen-bond acceptors (Lipinski definition) is 2. The van der Waals surface area contributed by atoms with Gasteiger partial charge in [-0.05, 0) is 48.4 Å². The third-order valence-electron chi connectivity index (χ3n) is 3.55. The van der Waals surface area contributed by atoms with E-state index in [4.69, 9.17) is 5.73 Å². The van der Waals surface area contributed by atoms with E-state index in [0.29, 0.717) is 11.8 Å². The molecule has 2 heteroatoms. The van der Waals surface area contributed by atoms with E-state index in [0.717, 1.165) is 13.1 Å². The molecule has 1 aromatic rings. The van der Waals surface area contributed by atoms with Gasteiger partial charge in [-0.1, -0.05) is 26.0 Å². The largest absolute Gasteiger partial charge is 0.385 e. The summed E-state index contributed by atoms with van der Waals surface area (Å²) in [6.45, 7) is 6.34. The van der Waals surface area contributed by atoms with Crippen LogP contribution in [0.15, 0.2) is 18.2 Å². The highest BCUT2D eigenvalue weighted by Crippen LogP contribution is 2.29. The van der Waals surface area contributed by atoms with Crippen LogP contribution in [0.5, 0.6) is 0 Å². The van der Waals surface area contributed by atoms with Gasteiger partial charge in [0, 0.05) is 12.2 Å². The number of hydrogen-bond donors (Lipinski definition) is 2. The standard InChI is InChI=1S/C14H22N2/c1-10(2)13(9-15)11-5-6-14-12(8-11)4-3-7-16-14/h5-6,8,10,13,16H,3-4,7,9,15H2,1-2H3. The molecule has 0 radical (unpaired) electrons. The molecule has 0 aliphatic carbocycles. The van der Waals surface area contributed by atoms with Crippen molar-refractivity contribution in [1.29, 1.82) is 0 Å². The second-order valence-electron chi connectivity index (χ2n) is 5.03. The number of nitrogens with one attached hydrogen (secondary N) is 1. The number of anilines is 1. The highest BCUT2D eigenvalue weighted by atomic mass is 14.9. The second kappa shape index (κ2) is 4.88. The molecule has 16 heavy (non-hydrogen) atoms. The van der Waals surface area contributed by atoms with Gasteiger partial charge in [-0.25, -0.2) is 0 Å². The molecule has 0 aromatic heterocycles. The van der Waals surface area contributed by atoms with E-state index in [1.807, 2.05) is 0 Å². The average Bonchev–Trinajstić information content (AvgIpc) is 2.29. The van der Waals surface area contributed by atoms with Crippen LogP contribution in [0.4, 0.5) is 5.69 Å². The van der Waals surface area contributed by atoms with Crippen LogP contribution >= 0.6 is 0 Å². The fourth-order valence-electron chi connectivity index (χ4n) is 2.52. The first-order valence-electron chi connectivity index (χ1n) is 6.29. The Kier molecular flexibility index (Phi) is 3.49. The highest BCUT2D eigenvalue weighted by molar-refractivity contribution is 5.54. The van der Waals surface area contributed by atoms with Crippen molar-refractivity contribution < 1.29 is 0 Å². The molecule has 0 spiro atoms. The van der Waals surface area contributed by atoms with Crippen molar-refractivity contribution in [2.75, 3.05) is 18.4 Å². The van der Waals surface area contributed by atoms with E-state index in [9.17, 15) is 0 Å². The summed E-state index contributed by atoms with van der Waals surface area (Å²) in [6.07, 6.45) is 2.44. The number of benzene rings is 1. The van der Waals surface area contributed by atoms with E-state index in [2.05, 4.69) is 37.4 Å². The Balaban J connectivity index is 2.28. The van der Waals surface area contributed by atoms with Crippen LogP contribution in [0.2, 0.25) is 0 Å². The Morgan fingerprint density at radius 2 is 2.19 bits per heavy atom. The summed E-state index contributed by atoms with van der Waals surface area (Å²) in [4.78, 5) is 0. The summed E-state index contributed by atoms with van der Waals surface area (Å²) in [5.41, 5.74) is 10.0. The lowest BCUT2D eigenvalue weighted by Crippen LogP contribution is -2.19. The van der Waals surface area contributed by atoms with Gasteiger partial charge in [0.15, 0.2) is 0 Å². The van der Waals surface area contributed by atoms with Crippen LogP contribution in [0.25, 0.3) is 0 Å². The lowest BCUT2D eigenvalue weighted by molar-refractivity contribution is 0.506. The molecule has 1 aliphatic heterocycles. The SMILES string of the molecule is CC(C)C(CN)c1ccc2c(c1)CCCN2. The van der Waals surface area contributed by atoms with Gasteiger partial charge in [-0.15, -0.1) is 0 Å². The molecular weight excluding hydrogens is 196 g/mol. The Bertz CT molecular complexity index is 358. The van der Waals surface area contributed by atoms with Crippen LogP contribution in [0.1, 0.15) is 37.3 Å². The topological polar surface area (TPSA) is 38.0 Å². The molecule has 3 N–H and O–H groups in total. The molecular formula is C14H22N2. The molecule has 88 valence electrons. The first kappa shape index (κ1) is 11.5. The minimum atomic E-state index is 0.493. The molecule has 1 heterocycles. The predicted octanol–water partition coefficient (Wildman–Crippen LogP) is 2.74. The van der Waals surface area contributed by atoms with E-state index in [-0.39, 0.29) is 0 Å². The molecule has 0 bridgehead atoms. The van der Waals surface area contributed by atoms with E-state index in [1.165, 1.54) is 29.7 Å². The third-order valence-corrected chi connectivity index (χ3v) is 3.55. The van der Waals surface area contributed by atoms with Crippen LogP contribution in [-0.4, -0.2) is 13.1 Å². The number of fused-ring (bicyclic) bond motifs is 1. The normalized spacial score (nSPS) is 16.8. The molecule has 0 fully saturated rings. The van der Waals surface area contributed by atoms with Crippen molar-refractivity contribution in [2.24, 2.45) is 11.7 Å². The average molecular weight is 218 g/mol. The maximum absolute atomic E-state index is 5.87. The van der Waals surface area contributed by atoms with Crippen molar-refractivity contribution in [3.05, 3.63) is 29.3 Å². The van der Waals surface area contributed by atoms with Crippen molar-refractivity contribution >= 4 is 5.69 Å². The van der Waals surface area contributed by atoms with Gasteiger partial charge in [0.1, 0.15) is 0 Å². The van der Waals surface area contributed by atoms with Crippen LogP contribution < -0.4 is 11.1 Å². The van der Waals surface area contributed by atoms with Gasteiger partial charge >= 0.3 is 0 Å². The Morgan fingerprint density at radius 1 is 1.38 bits per heavy atom. The molecule has 1 aliphatic rings. The van der Waals surface area contributed by atoms with Gasteiger partial charge in [-0.3, -0.25) is 0 Å². The lowest BCUT2D eigenvalue weighted by atomic mass is 9.86. The molecule has 0 amide bonds. The summed E-state index contributed by atoms with van der Waals surface area (Å²) in [6, 6.07) is 6.79. The van der Waals surface area contributed by atoms with Gasteiger partial charge < -0.3 is 11.1 Å². The lowest BCUT2D eigenvalue weighted by Gasteiger charge is -2.23. The first-order chi connectivity index (χ1) is 7.72. The maximum Gasteiger partial charge on any atom is 0.0372 e. The summed E-state index contributed by atoms with van der Waals surface area (Å²) in [5, 5.41) is 3.44. The Labute approximate surface area is 98.2 Å². The van der Waals surface area contributed by atoms with E-state index in [1.54, 1.807) is 0 Å². The Morgan fingerprint density at radius 3 is 2.88 bits per heavy atom. The quantitative estimate of drug-likeness (QED) is 0.818. The van der Waals surface area contributed by atoms with Gasteiger partial charge in [0.2, 0.25) is 0 Å². The fraction of sp³-hybridized carbons (Fsp3) is 0.571. The van der Waals surface area contributed by atoms with Gasteiger partial charge in [0.05, 0.1) is 0 Å². The van der Waals surface area contributed by atoms with Crippen molar-refractivity contribution in [2.45, 2.75) is 32.6 Å². The zero-order valence-electron chi connectivity index (χ0n) is 10.3. The molecule has 1 atom stereocenters. The molecule has 2 nitrogen and oxygen atoms in total.